The SMILES string of the molecule is CCC1CCN(S(=O)(=O)C(F)(F)F)C(C(=O)O)C1. The van der Waals surface area contributed by atoms with Crippen LogP contribution in [-0.4, -0.2) is 41.9 Å². The Morgan fingerprint density at radius 3 is 2.39 bits per heavy atom. The van der Waals surface area contributed by atoms with Gasteiger partial charge >= 0.3 is 21.5 Å². The maximum absolute atomic E-state index is 12.4. The molecule has 0 aromatic heterocycles. The summed E-state index contributed by atoms with van der Waals surface area (Å²) in [4.78, 5) is 10.9. The molecule has 1 aliphatic heterocycles. The molecule has 2 unspecified atom stereocenters. The van der Waals surface area contributed by atoms with Gasteiger partial charge in [0.25, 0.3) is 0 Å². The summed E-state index contributed by atoms with van der Waals surface area (Å²) in [6.07, 6.45) is 0.778. The third kappa shape index (κ3) is 2.77. The molecule has 0 aromatic rings. The molecule has 1 saturated heterocycles. The van der Waals surface area contributed by atoms with Crippen molar-refractivity contribution in [2.75, 3.05) is 6.54 Å². The molecule has 0 amide bonds. The highest BCUT2D eigenvalue weighted by atomic mass is 32.2. The first-order valence-corrected chi connectivity index (χ1v) is 6.86. The summed E-state index contributed by atoms with van der Waals surface area (Å²) in [5, 5.41) is 8.88. The summed E-state index contributed by atoms with van der Waals surface area (Å²) < 4.78 is 59.8. The molecule has 106 valence electrons. The number of piperidine rings is 1. The molecule has 0 saturated carbocycles. The van der Waals surface area contributed by atoms with Gasteiger partial charge < -0.3 is 5.11 Å². The number of hydrogen-bond donors (Lipinski definition) is 1. The van der Waals surface area contributed by atoms with Crippen molar-refractivity contribution in [2.24, 2.45) is 5.92 Å². The Kier molecular flexibility index (Phi) is 4.26. The molecule has 0 spiro atoms. The van der Waals surface area contributed by atoms with Gasteiger partial charge in [-0.15, -0.1) is 0 Å². The maximum atomic E-state index is 12.4. The van der Waals surface area contributed by atoms with Crippen LogP contribution in [0, 0.1) is 5.92 Å². The highest BCUT2D eigenvalue weighted by molar-refractivity contribution is 7.90. The van der Waals surface area contributed by atoms with Crippen molar-refractivity contribution in [3.05, 3.63) is 0 Å². The molecule has 0 aliphatic carbocycles. The minimum atomic E-state index is -5.57. The zero-order valence-electron chi connectivity index (χ0n) is 9.64. The lowest BCUT2D eigenvalue weighted by Crippen LogP contribution is -2.53. The number of halogens is 3. The van der Waals surface area contributed by atoms with E-state index < -0.39 is 34.1 Å². The molecule has 9 heteroatoms. The second-order valence-corrected chi connectivity index (χ2v) is 6.10. The summed E-state index contributed by atoms with van der Waals surface area (Å²) in [6, 6.07) is -1.63. The van der Waals surface area contributed by atoms with Crippen molar-refractivity contribution < 1.29 is 31.5 Å². The smallest absolute Gasteiger partial charge is 0.480 e. The van der Waals surface area contributed by atoms with Gasteiger partial charge in [-0.2, -0.15) is 17.5 Å². The zero-order valence-corrected chi connectivity index (χ0v) is 10.5. The van der Waals surface area contributed by atoms with Crippen molar-refractivity contribution >= 4 is 16.0 Å². The monoisotopic (exact) mass is 289 g/mol. The normalized spacial score (nSPS) is 27.1. The van der Waals surface area contributed by atoms with E-state index in [4.69, 9.17) is 5.11 Å². The van der Waals surface area contributed by atoms with Crippen LogP contribution in [0.25, 0.3) is 0 Å². The van der Waals surface area contributed by atoms with Crippen LogP contribution in [0.1, 0.15) is 26.2 Å². The fourth-order valence-electron chi connectivity index (χ4n) is 2.03. The predicted molar refractivity (Wildman–Crippen MR) is 56.1 cm³/mol. The third-order valence-electron chi connectivity index (χ3n) is 3.13. The molecule has 1 aliphatic rings. The summed E-state index contributed by atoms with van der Waals surface area (Å²) >= 11 is 0. The zero-order chi connectivity index (χ0) is 14.1. The van der Waals surface area contributed by atoms with E-state index in [0.717, 1.165) is 0 Å². The molecule has 1 fully saturated rings. The van der Waals surface area contributed by atoms with E-state index in [1.54, 1.807) is 6.92 Å². The standard InChI is InChI=1S/C9H14F3NO4S/c1-2-6-3-4-13(7(5-6)8(14)15)18(16,17)9(10,11)12/h6-7H,2-5H2,1H3,(H,14,15). The van der Waals surface area contributed by atoms with Gasteiger partial charge in [0.2, 0.25) is 0 Å². The van der Waals surface area contributed by atoms with Crippen molar-refractivity contribution in [3.63, 3.8) is 0 Å². The van der Waals surface area contributed by atoms with E-state index in [1.165, 1.54) is 0 Å². The second-order valence-electron chi connectivity index (χ2n) is 4.21. The van der Waals surface area contributed by atoms with Crippen LogP contribution in [0.5, 0.6) is 0 Å². The maximum Gasteiger partial charge on any atom is 0.511 e. The summed E-state index contributed by atoms with van der Waals surface area (Å²) in [6.45, 7) is 1.38. The molecular weight excluding hydrogens is 275 g/mol. The number of carboxylic acid groups (broad SMARTS) is 1. The quantitative estimate of drug-likeness (QED) is 0.852. The van der Waals surface area contributed by atoms with Gasteiger partial charge in [0, 0.05) is 6.54 Å². The molecule has 1 N–H and O–H groups in total. The van der Waals surface area contributed by atoms with Crippen LogP contribution in [0.2, 0.25) is 0 Å². The van der Waals surface area contributed by atoms with Crippen LogP contribution in [0.4, 0.5) is 13.2 Å². The minimum absolute atomic E-state index is 0.0570. The molecule has 1 heterocycles. The first-order chi connectivity index (χ1) is 8.11. The first kappa shape index (κ1) is 15.2. The number of hydrogen-bond acceptors (Lipinski definition) is 3. The molecule has 18 heavy (non-hydrogen) atoms. The van der Waals surface area contributed by atoms with Gasteiger partial charge in [0.05, 0.1) is 0 Å². The Morgan fingerprint density at radius 2 is 2.00 bits per heavy atom. The average Bonchev–Trinajstić information content (AvgIpc) is 2.26. The lowest BCUT2D eigenvalue weighted by molar-refractivity contribution is -0.143. The number of sulfonamides is 1. The summed E-state index contributed by atoms with van der Waals surface area (Å²) in [5.41, 5.74) is -5.46. The Labute approximate surface area is 103 Å². The van der Waals surface area contributed by atoms with Crippen LogP contribution in [0.15, 0.2) is 0 Å². The van der Waals surface area contributed by atoms with Crippen LogP contribution >= 0.6 is 0 Å². The van der Waals surface area contributed by atoms with Gasteiger partial charge in [-0.3, -0.25) is 4.79 Å². The Morgan fingerprint density at radius 1 is 1.44 bits per heavy atom. The van der Waals surface area contributed by atoms with Crippen molar-refractivity contribution in [3.8, 4) is 0 Å². The fourth-order valence-corrected chi connectivity index (χ4v) is 3.16. The van der Waals surface area contributed by atoms with Gasteiger partial charge in [-0.25, -0.2) is 8.42 Å². The number of aliphatic carboxylic acids is 1. The van der Waals surface area contributed by atoms with E-state index in [2.05, 4.69) is 0 Å². The van der Waals surface area contributed by atoms with Crippen molar-refractivity contribution in [1.82, 2.24) is 4.31 Å². The van der Waals surface area contributed by atoms with Crippen molar-refractivity contribution in [1.29, 1.82) is 0 Å². The Balaban J connectivity index is 3.05. The molecule has 2 atom stereocenters. The third-order valence-corrected chi connectivity index (χ3v) is 4.77. The van der Waals surface area contributed by atoms with Crippen LogP contribution in [-0.2, 0) is 14.8 Å². The minimum Gasteiger partial charge on any atom is -0.480 e. The van der Waals surface area contributed by atoms with Gasteiger partial charge in [0.15, 0.2) is 0 Å². The molecule has 5 nitrogen and oxygen atoms in total. The Bertz CT molecular complexity index is 420. The van der Waals surface area contributed by atoms with Crippen molar-refractivity contribution in [2.45, 2.75) is 37.7 Å². The van der Waals surface area contributed by atoms with Gasteiger partial charge in [-0.05, 0) is 18.8 Å². The van der Waals surface area contributed by atoms with E-state index in [9.17, 15) is 26.4 Å². The number of rotatable bonds is 3. The summed E-state index contributed by atoms with van der Waals surface area (Å²) in [5.74, 6) is -1.60. The molecule has 0 aromatic carbocycles. The highest BCUT2D eigenvalue weighted by Gasteiger charge is 2.54. The predicted octanol–water partition coefficient (Wildman–Crippen LogP) is 1.41. The van der Waals surface area contributed by atoms with E-state index in [-0.39, 0.29) is 23.1 Å². The lowest BCUT2D eigenvalue weighted by atomic mass is 9.90. The van der Waals surface area contributed by atoms with E-state index in [1.807, 2.05) is 0 Å². The molecule has 0 bridgehead atoms. The molecular formula is C9H14F3NO4S. The second kappa shape index (κ2) is 5.04. The lowest BCUT2D eigenvalue weighted by Gasteiger charge is -2.36. The molecule has 1 rings (SSSR count). The van der Waals surface area contributed by atoms with Gasteiger partial charge in [-0.1, -0.05) is 13.3 Å². The number of carbonyl (C=O) groups is 1. The first-order valence-electron chi connectivity index (χ1n) is 5.42. The van der Waals surface area contributed by atoms with E-state index >= 15 is 0 Å². The number of alkyl halides is 3. The summed E-state index contributed by atoms with van der Waals surface area (Å²) in [7, 11) is -5.57. The Hall–Kier alpha value is -0.830. The number of carboxylic acids is 1. The average molecular weight is 289 g/mol. The topological polar surface area (TPSA) is 74.7 Å². The van der Waals surface area contributed by atoms with Crippen LogP contribution < -0.4 is 0 Å². The van der Waals surface area contributed by atoms with Gasteiger partial charge in [0.1, 0.15) is 6.04 Å². The largest absolute Gasteiger partial charge is 0.511 e. The number of nitrogens with zero attached hydrogens (tertiary/aromatic N) is 1. The molecule has 0 radical (unpaired) electrons. The fraction of sp³-hybridized carbons (Fsp3) is 0.889. The highest BCUT2D eigenvalue weighted by Crippen LogP contribution is 2.34. The van der Waals surface area contributed by atoms with Crippen LogP contribution in [0.3, 0.4) is 0 Å². The van der Waals surface area contributed by atoms with E-state index in [0.29, 0.717) is 6.42 Å².